The van der Waals surface area contributed by atoms with Gasteiger partial charge in [0.2, 0.25) is 0 Å². The van der Waals surface area contributed by atoms with Gasteiger partial charge in [-0.15, -0.1) is 0 Å². The number of nitrogens with one attached hydrogen (secondary N) is 1. The van der Waals surface area contributed by atoms with Crippen LogP contribution in [0.5, 0.6) is 5.75 Å². The third-order valence-corrected chi connectivity index (χ3v) is 2.80. The fraction of sp³-hybridized carbons (Fsp3) is 0.133. The topological polar surface area (TPSA) is 38.3 Å². The number of rotatable bonds is 4. The second-order valence-electron chi connectivity index (χ2n) is 4.12. The maximum atomic E-state index is 13.4. The Bertz CT molecular complexity index is 629. The number of hydrogen-bond acceptors (Lipinski definition) is 2. The van der Waals surface area contributed by atoms with Gasteiger partial charge in [0.25, 0.3) is 5.91 Å². The second-order valence-corrected chi connectivity index (χ2v) is 4.12. The molecule has 2 rings (SSSR count). The molecule has 1 amide bonds. The number of amides is 1. The Balaban J connectivity index is 2.11. The number of halogens is 2. The smallest absolute Gasteiger partial charge is 0.254 e. The Morgan fingerprint density at radius 1 is 1.20 bits per heavy atom. The quantitative estimate of drug-likeness (QED) is 0.933. The van der Waals surface area contributed by atoms with Crippen LogP contribution in [0.1, 0.15) is 15.9 Å². The molecule has 2 aromatic rings. The van der Waals surface area contributed by atoms with E-state index in [1.807, 2.05) is 0 Å². The molecule has 0 fully saturated rings. The summed E-state index contributed by atoms with van der Waals surface area (Å²) in [5.74, 6) is -1.13. The van der Waals surface area contributed by atoms with Gasteiger partial charge in [0.15, 0.2) is 0 Å². The van der Waals surface area contributed by atoms with Crippen LogP contribution < -0.4 is 10.1 Å². The molecule has 3 nitrogen and oxygen atoms in total. The summed E-state index contributed by atoms with van der Waals surface area (Å²) in [5.41, 5.74) is 0.431. The maximum Gasteiger partial charge on any atom is 0.254 e. The highest BCUT2D eigenvalue weighted by molar-refractivity contribution is 5.94. The molecule has 0 spiro atoms. The van der Waals surface area contributed by atoms with E-state index in [2.05, 4.69) is 5.32 Å². The molecule has 0 saturated carbocycles. The SMILES string of the molecule is COc1ccc(F)cc1CNC(=O)c1ccccc1F. The molecule has 20 heavy (non-hydrogen) atoms. The summed E-state index contributed by atoms with van der Waals surface area (Å²) < 4.78 is 31.7. The first-order valence-electron chi connectivity index (χ1n) is 5.97. The van der Waals surface area contributed by atoms with Crippen molar-refractivity contribution in [1.29, 1.82) is 0 Å². The number of carbonyl (C=O) groups is 1. The molecule has 104 valence electrons. The third-order valence-electron chi connectivity index (χ3n) is 2.80. The lowest BCUT2D eigenvalue weighted by molar-refractivity contribution is 0.0946. The van der Waals surface area contributed by atoms with Crippen LogP contribution in [0.2, 0.25) is 0 Å². The lowest BCUT2D eigenvalue weighted by Gasteiger charge is -2.10. The van der Waals surface area contributed by atoms with E-state index >= 15 is 0 Å². The Morgan fingerprint density at radius 2 is 1.95 bits per heavy atom. The molecule has 0 aliphatic heterocycles. The van der Waals surface area contributed by atoms with Gasteiger partial charge in [-0.25, -0.2) is 8.78 Å². The van der Waals surface area contributed by atoms with Crippen molar-refractivity contribution in [3.05, 3.63) is 65.2 Å². The standard InChI is InChI=1S/C15H13F2NO2/c1-20-14-7-6-11(16)8-10(14)9-18-15(19)12-4-2-3-5-13(12)17/h2-8H,9H2,1H3,(H,18,19). The van der Waals surface area contributed by atoms with E-state index in [1.54, 1.807) is 6.07 Å². The number of ether oxygens (including phenoxy) is 1. The molecule has 0 bridgehead atoms. The summed E-state index contributed by atoms with van der Waals surface area (Å²) >= 11 is 0. The van der Waals surface area contributed by atoms with Gasteiger partial charge in [0.1, 0.15) is 17.4 Å². The van der Waals surface area contributed by atoms with Crippen molar-refractivity contribution in [2.24, 2.45) is 0 Å². The molecule has 0 saturated heterocycles. The first-order chi connectivity index (χ1) is 9.61. The lowest BCUT2D eigenvalue weighted by Crippen LogP contribution is -2.24. The van der Waals surface area contributed by atoms with Crippen LogP contribution in [0.15, 0.2) is 42.5 Å². The molecule has 2 aromatic carbocycles. The van der Waals surface area contributed by atoms with E-state index in [4.69, 9.17) is 4.74 Å². The second kappa shape index (κ2) is 6.14. The van der Waals surface area contributed by atoms with Gasteiger partial charge >= 0.3 is 0 Å². The lowest BCUT2D eigenvalue weighted by atomic mass is 10.1. The van der Waals surface area contributed by atoms with E-state index < -0.39 is 17.5 Å². The van der Waals surface area contributed by atoms with Crippen LogP contribution in [0.4, 0.5) is 8.78 Å². The fourth-order valence-corrected chi connectivity index (χ4v) is 1.80. The summed E-state index contributed by atoms with van der Waals surface area (Å²) in [6.07, 6.45) is 0. The Hall–Kier alpha value is -2.43. The van der Waals surface area contributed by atoms with Gasteiger partial charge in [0, 0.05) is 12.1 Å². The van der Waals surface area contributed by atoms with Crippen LogP contribution in [0.25, 0.3) is 0 Å². The Morgan fingerprint density at radius 3 is 2.65 bits per heavy atom. The van der Waals surface area contributed by atoms with Crippen molar-refractivity contribution >= 4 is 5.91 Å². The van der Waals surface area contributed by atoms with Gasteiger partial charge in [-0.05, 0) is 30.3 Å². The molecule has 0 heterocycles. The molecule has 0 aromatic heterocycles. The summed E-state index contributed by atoms with van der Waals surface area (Å²) in [5, 5.41) is 2.53. The van der Waals surface area contributed by atoms with Crippen LogP contribution >= 0.6 is 0 Å². The van der Waals surface area contributed by atoms with Crippen molar-refractivity contribution in [2.45, 2.75) is 6.54 Å². The number of carbonyl (C=O) groups excluding carboxylic acids is 1. The molecular weight excluding hydrogens is 264 g/mol. The number of methoxy groups -OCH3 is 1. The highest BCUT2D eigenvalue weighted by Gasteiger charge is 2.12. The number of hydrogen-bond donors (Lipinski definition) is 1. The molecule has 0 unspecified atom stereocenters. The van der Waals surface area contributed by atoms with Crippen molar-refractivity contribution in [3.8, 4) is 5.75 Å². The summed E-state index contributed by atoms with van der Waals surface area (Å²) in [6.45, 7) is 0.0497. The minimum Gasteiger partial charge on any atom is -0.496 e. The summed E-state index contributed by atoms with van der Waals surface area (Å²) in [6, 6.07) is 9.66. The maximum absolute atomic E-state index is 13.4. The highest BCUT2D eigenvalue weighted by atomic mass is 19.1. The van der Waals surface area contributed by atoms with Gasteiger partial charge in [-0.1, -0.05) is 12.1 Å². The van der Waals surface area contributed by atoms with Crippen molar-refractivity contribution in [2.75, 3.05) is 7.11 Å². The molecule has 0 atom stereocenters. The molecule has 1 N–H and O–H groups in total. The minimum absolute atomic E-state index is 0.0497. The first kappa shape index (κ1) is 14.0. The monoisotopic (exact) mass is 277 g/mol. The third kappa shape index (κ3) is 3.12. The van der Waals surface area contributed by atoms with E-state index in [0.717, 1.165) is 0 Å². The summed E-state index contributed by atoms with van der Waals surface area (Å²) in [7, 11) is 1.45. The summed E-state index contributed by atoms with van der Waals surface area (Å²) in [4.78, 5) is 11.8. The Kier molecular flexibility index (Phi) is 4.30. The van der Waals surface area contributed by atoms with Gasteiger partial charge in [-0.2, -0.15) is 0 Å². The average molecular weight is 277 g/mol. The van der Waals surface area contributed by atoms with Crippen LogP contribution in [-0.4, -0.2) is 13.0 Å². The first-order valence-corrected chi connectivity index (χ1v) is 5.97. The van der Waals surface area contributed by atoms with Crippen molar-refractivity contribution in [1.82, 2.24) is 5.32 Å². The van der Waals surface area contributed by atoms with E-state index in [0.29, 0.717) is 11.3 Å². The van der Waals surface area contributed by atoms with Crippen LogP contribution in [-0.2, 0) is 6.54 Å². The molecule has 0 aliphatic rings. The van der Waals surface area contributed by atoms with E-state index in [9.17, 15) is 13.6 Å². The largest absolute Gasteiger partial charge is 0.496 e. The average Bonchev–Trinajstić information content (AvgIpc) is 2.45. The molecular formula is C15H13F2NO2. The van der Waals surface area contributed by atoms with Crippen molar-refractivity contribution in [3.63, 3.8) is 0 Å². The predicted molar refractivity (Wildman–Crippen MR) is 70.5 cm³/mol. The zero-order valence-corrected chi connectivity index (χ0v) is 10.8. The van der Waals surface area contributed by atoms with Gasteiger partial charge in [0.05, 0.1) is 12.7 Å². The van der Waals surface area contributed by atoms with Crippen LogP contribution in [0, 0.1) is 11.6 Å². The van der Waals surface area contributed by atoms with Crippen molar-refractivity contribution < 1.29 is 18.3 Å². The minimum atomic E-state index is -0.601. The zero-order chi connectivity index (χ0) is 14.5. The van der Waals surface area contributed by atoms with E-state index in [-0.39, 0.29) is 12.1 Å². The molecule has 0 aliphatic carbocycles. The van der Waals surface area contributed by atoms with Gasteiger partial charge in [-0.3, -0.25) is 4.79 Å². The fourth-order valence-electron chi connectivity index (χ4n) is 1.80. The van der Waals surface area contributed by atoms with E-state index in [1.165, 1.54) is 43.5 Å². The highest BCUT2D eigenvalue weighted by Crippen LogP contribution is 2.19. The van der Waals surface area contributed by atoms with Crippen LogP contribution in [0.3, 0.4) is 0 Å². The molecule has 0 radical (unpaired) electrons. The Labute approximate surface area is 115 Å². The number of benzene rings is 2. The van der Waals surface area contributed by atoms with Gasteiger partial charge < -0.3 is 10.1 Å². The predicted octanol–water partition coefficient (Wildman–Crippen LogP) is 2.90. The normalized spacial score (nSPS) is 10.2. The molecule has 5 heteroatoms. The zero-order valence-electron chi connectivity index (χ0n) is 10.8.